The summed E-state index contributed by atoms with van der Waals surface area (Å²) in [7, 11) is 3.46. The fourth-order valence-electron chi connectivity index (χ4n) is 3.28. The Bertz CT molecular complexity index is 1030. The van der Waals surface area contributed by atoms with Crippen molar-refractivity contribution in [3.8, 4) is 5.75 Å². The molecule has 1 aliphatic rings. The minimum atomic E-state index is -0.534. The molecule has 1 saturated heterocycles. The number of carbonyl (C=O) groups excluding carboxylic acids is 3. The number of benzene rings is 2. The van der Waals surface area contributed by atoms with Crippen LogP contribution in [0, 0.1) is 0 Å². The van der Waals surface area contributed by atoms with E-state index in [1.54, 1.807) is 72.4 Å². The van der Waals surface area contributed by atoms with E-state index in [2.05, 4.69) is 4.99 Å². The molecule has 0 aliphatic carbocycles. The number of amides is 2. The maximum atomic E-state index is 12.8. The number of nitrogens with two attached hydrogens (primary N) is 2. The quantitative estimate of drug-likeness (QED) is 0.253. The molecule has 190 valence electrons. The van der Waals surface area contributed by atoms with E-state index in [1.165, 1.54) is 0 Å². The average Bonchev–Trinajstić information content (AvgIpc) is 2.79. The third-order valence-corrected chi connectivity index (χ3v) is 5.19. The first kappa shape index (κ1) is 29.7. The molecule has 0 saturated carbocycles. The van der Waals surface area contributed by atoms with E-state index in [1.807, 2.05) is 4.90 Å². The lowest BCUT2D eigenvalue weighted by molar-refractivity contribution is -0.130. The molecule has 1 aliphatic heterocycles. The monoisotopic (exact) mass is 524 g/mol. The molecule has 10 nitrogen and oxygen atoms in total. The van der Waals surface area contributed by atoms with Crippen molar-refractivity contribution in [1.82, 2.24) is 14.7 Å². The van der Waals surface area contributed by atoms with E-state index in [0.29, 0.717) is 55.3 Å². The zero-order chi connectivity index (χ0) is 24.0. The van der Waals surface area contributed by atoms with Crippen LogP contribution in [0.3, 0.4) is 0 Å². The number of likely N-dealkylation sites (N-methyl/N-ethyl adjacent to an activating group) is 1. The third-order valence-electron chi connectivity index (χ3n) is 5.19. The van der Waals surface area contributed by atoms with Crippen LogP contribution in [0.5, 0.6) is 5.75 Å². The van der Waals surface area contributed by atoms with Crippen LogP contribution in [0.4, 0.5) is 5.69 Å². The third kappa shape index (κ3) is 8.43. The van der Waals surface area contributed by atoms with Gasteiger partial charge in [-0.05, 0) is 48.5 Å². The highest BCUT2D eigenvalue weighted by Crippen LogP contribution is 2.18. The number of carbonyl (C=O) groups is 3. The second-order valence-electron chi connectivity index (χ2n) is 7.85. The Morgan fingerprint density at radius 3 is 1.94 bits per heavy atom. The molecular formula is C23H30Cl2N6O4. The number of aliphatic imine (C=N–C) groups is 1. The molecule has 2 aromatic carbocycles. The number of hydrogen-bond donors (Lipinski definition) is 2. The van der Waals surface area contributed by atoms with Crippen molar-refractivity contribution in [2.24, 2.45) is 16.5 Å². The van der Waals surface area contributed by atoms with Crippen LogP contribution in [0.15, 0.2) is 53.5 Å². The summed E-state index contributed by atoms with van der Waals surface area (Å²) >= 11 is 0. The van der Waals surface area contributed by atoms with Crippen LogP contribution in [0.25, 0.3) is 0 Å². The van der Waals surface area contributed by atoms with Gasteiger partial charge in [-0.1, -0.05) is 0 Å². The topological polar surface area (TPSA) is 135 Å². The molecule has 2 aromatic rings. The van der Waals surface area contributed by atoms with Crippen molar-refractivity contribution in [3.63, 3.8) is 0 Å². The first-order valence-electron chi connectivity index (χ1n) is 10.5. The van der Waals surface area contributed by atoms with Gasteiger partial charge in [-0.15, -0.1) is 24.8 Å². The molecule has 0 bridgehead atoms. The summed E-state index contributed by atoms with van der Waals surface area (Å²) in [6.07, 6.45) is 0. The first-order chi connectivity index (χ1) is 15.7. The summed E-state index contributed by atoms with van der Waals surface area (Å²) in [5.41, 5.74) is 12.0. The van der Waals surface area contributed by atoms with Gasteiger partial charge in [0, 0.05) is 45.8 Å². The zero-order valence-electron chi connectivity index (χ0n) is 19.5. The van der Waals surface area contributed by atoms with Crippen molar-refractivity contribution >= 4 is 54.2 Å². The van der Waals surface area contributed by atoms with Crippen LogP contribution < -0.4 is 16.2 Å². The van der Waals surface area contributed by atoms with Gasteiger partial charge in [0.15, 0.2) is 5.96 Å². The Kier molecular flexibility index (Phi) is 11.5. The summed E-state index contributed by atoms with van der Waals surface area (Å²) < 4.78 is 5.38. The fourth-order valence-corrected chi connectivity index (χ4v) is 3.28. The van der Waals surface area contributed by atoms with Crippen LogP contribution in [0.1, 0.15) is 20.7 Å². The Balaban J connectivity index is 0.00000306. The Hall–Kier alpha value is -3.34. The van der Waals surface area contributed by atoms with Crippen LogP contribution in [0.2, 0.25) is 0 Å². The standard InChI is InChI=1S/C23H28N6O4.2ClH/c1-27(2)20(30)15-28-11-13-29(14-12-28)21(31)16-5-9-19(10-6-16)33-22(32)17-3-7-18(8-4-17)26-23(24)25;;/h3-10H,11-15H2,1-2H3,(H4,24,25,26);2*1H. The highest BCUT2D eigenvalue weighted by Gasteiger charge is 2.23. The van der Waals surface area contributed by atoms with E-state index in [0.717, 1.165) is 0 Å². The van der Waals surface area contributed by atoms with E-state index in [4.69, 9.17) is 16.2 Å². The number of ether oxygens (including phenoxy) is 1. The summed E-state index contributed by atoms with van der Waals surface area (Å²) in [6.45, 7) is 2.73. The molecule has 0 atom stereocenters. The van der Waals surface area contributed by atoms with E-state index in [9.17, 15) is 14.4 Å². The number of halogens is 2. The molecule has 0 unspecified atom stereocenters. The van der Waals surface area contributed by atoms with Gasteiger partial charge in [-0.25, -0.2) is 9.79 Å². The number of nitrogens with zero attached hydrogens (tertiary/aromatic N) is 4. The molecule has 4 N–H and O–H groups in total. The van der Waals surface area contributed by atoms with Gasteiger partial charge >= 0.3 is 5.97 Å². The second kappa shape index (κ2) is 13.5. The summed E-state index contributed by atoms with van der Waals surface area (Å²) in [4.78, 5) is 46.3. The van der Waals surface area contributed by atoms with Crippen molar-refractivity contribution in [2.75, 3.05) is 46.8 Å². The van der Waals surface area contributed by atoms with Gasteiger partial charge < -0.3 is 26.0 Å². The molecule has 35 heavy (non-hydrogen) atoms. The maximum absolute atomic E-state index is 12.8. The first-order valence-corrected chi connectivity index (χ1v) is 10.5. The molecule has 1 heterocycles. The van der Waals surface area contributed by atoms with E-state index in [-0.39, 0.29) is 42.6 Å². The molecular weight excluding hydrogens is 495 g/mol. The highest BCUT2D eigenvalue weighted by atomic mass is 35.5. The number of guanidine groups is 1. The molecule has 3 rings (SSSR count). The molecule has 12 heteroatoms. The lowest BCUT2D eigenvalue weighted by Crippen LogP contribution is -2.51. The van der Waals surface area contributed by atoms with Gasteiger partial charge in [-0.2, -0.15) is 0 Å². The van der Waals surface area contributed by atoms with Crippen molar-refractivity contribution in [1.29, 1.82) is 0 Å². The van der Waals surface area contributed by atoms with Crippen LogP contribution in [-0.4, -0.2) is 85.3 Å². The summed E-state index contributed by atoms with van der Waals surface area (Å²) in [5, 5.41) is 0. The lowest BCUT2D eigenvalue weighted by Gasteiger charge is -2.34. The average molecular weight is 525 g/mol. The van der Waals surface area contributed by atoms with E-state index >= 15 is 0 Å². The zero-order valence-corrected chi connectivity index (χ0v) is 21.2. The Morgan fingerprint density at radius 2 is 1.43 bits per heavy atom. The summed E-state index contributed by atoms with van der Waals surface area (Å²) in [6, 6.07) is 12.8. The van der Waals surface area contributed by atoms with Gasteiger partial charge in [0.2, 0.25) is 5.91 Å². The Labute approximate surface area is 216 Å². The minimum absolute atomic E-state index is 0. The van der Waals surface area contributed by atoms with Crippen molar-refractivity contribution in [2.45, 2.75) is 0 Å². The fraction of sp³-hybridized carbons (Fsp3) is 0.304. The van der Waals surface area contributed by atoms with Gasteiger partial charge in [0.25, 0.3) is 5.91 Å². The normalized spacial score (nSPS) is 13.0. The van der Waals surface area contributed by atoms with E-state index < -0.39 is 5.97 Å². The smallest absolute Gasteiger partial charge is 0.343 e. The van der Waals surface area contributed by atoms with Crippen LogP contribution in [-0.2, 0) is 4.79 Å². The predicted octanol–water partition coefficient (Wildman–Crippen LogP) is 1.50. The number of piperazine rings is 1. The molecule has 0 spiro atoms. The molecule has 1 fully saturated rings. The summed E-state index contributed by atoms with van der Waals surface area (Å²) in [5.74, 6) is -0.321. The second-order valence-corrected chi connectivity index (χ2v) is 7.85. The maximum Gasteiger partial charge on any atom is 0.343 e. The SMILES string of the molecule is CN(C)C(=O)CN1CCN(C(=O)c2ccc(OC(=O)c3ccc(N=C(N)N)cc3)cc2)CC1.Cl.Cl. The number of rotatable bonds is 6. The van der Waals surface area contributed by atoms with Crippen molar-refractivity contribution < 1.29 is 19.1 Å². The van der Waals surface area contributed by atoms with Crippen molar-refractivity contribution in [3.05, 3.63) is 59.7 Å². The Morgan fingerprint density at radius 1 is 0.886 bits per heavy atom. The molecule has 0 radical (unpaired) electrons. The largest absolute Gasteiger partial charge is 0.423 e. The predicted molar refractivity (Wildman–Crippen MR) is 139 cm³/mol. The highest BCUT2D eigenvalue weighted by molar-refractivity contribution is 5.95. The van der Waals surface area contributed by atoms with Crippen LogP contribution >= 0.6 is 24.8 Å². The molecule has 2 amide bonds. The van der Waals surface area contributed by atoms with Gasteiger partial charge in [-0.3, -0.25) is 14.5 Å². The van der Waals surface area contributed by atoms with Gasteiger partial charge in [0.1, 0.15) is 5.75 Å². The minimum Gasteiger partial charge on any atom is -0.423 e. The molecule has 0 aromatic heterocycles. The number of esters is 1. The van der Waals surface area contributed by atoms with Gasteiger partial charge in [0.05, 0.1) is 17.8 Å². The number of hydrogen-bond acceptors (Lipinski definition) is 6. The lowest BCUT2D eigenvalue weighted by atomic mass is 10.1.